The Balaban J connectivity index is 1.62. The van der Waals surface area contributed by atoms with Gasteiger partial charge < -0.3 is 9.47 Å². The lowest BCUT2D eigenvalue weighted by Crippen LogP contribution is -2.32. The summed E-state index contributed by atoms with van der Waals surface area (Å²) in [7, 11) is -3.07. The van der Waals surface area contributed by atoms with Crippen LogP contribution in [0.3, 0.4) is 0 Å². The summed E-state index contributed by atoms with van der Waals surface area (Å²) in [6.07, 6.45) is -0.629. The fraction of sp³-hybridized carbons (Fsp3) is 0.300. The van der Waals surface area contributed by atoms with Gasteiger partial charge in [0.05, 0.1) is 18.3 Å². The van der Waals surface area contributed by atoms with Gasteiger partial charge in [0.15, 0.2) is 5.75 Å². The lowest BCUT2D eigenvalue weighted by atomic mass is 9.92. The van der Waals surface area contributed by atoms with Crippen molar-refractivity contribution in [3.63, 3.8) is 0 Å². The molecule has 0 unspecified atom stereocenters. The molecule has 0 saturated heterocycles. The Morgan fingerprint density at radius 1 is 0.833 bits per heavy atom. The number of carbonyl (C=O) groups is 2. The maximum absolute atomic E-state index is 13.2. The van der Waals surface area contributed by atoms with Crippen LogP contribution in [0.15, 0.2) is 65.7 Å². The van der Waals surface area contributed by atoms with E-state index in [1.54, 1.807) is 63.2 Å². The molecule has 4 rings (SSSR count). The normalized spacial score (nSPS) is 12.1. The minimum atomic E-state index is -4.39. The summed E-state index contributed by atoms with van der Waals surface area (Å²) in [5.74, 6) is -0.614. The fourth-order valence-corrected chi connectivity index (χ4v) is 5.06. The molecule has 0 radical (unpaired) electrons. The number of hydrogen-bond donors (Lipinski definition) is 2. The van der Waals surface area contributed by atoms with Crippen LogP contribution in [0.4, 0.5) is 10.6 Å². The second-order valence-electron chi connectivity index (χ2n) is 11.5. The maximum Gasteiger partial charge on any atom is 0.413 e. The van der Waals surface area contributed by atoms with Gasteiger partial charge in [-0.15, -0.1) is 0 Å². The Hall–Kier alpha value is -4.58. The number of ether oxygens (including phenoxy) is 2. The third-order valence-corrected chi connectivity index (χ3v) is 7.17. The number of aromatic nitrogens is 3. The molecule has 11 nitrogen and oxygen atoms in total. The van der Waals surface area contributed by atoms with Gasteiger partial charge in [-0.05, 0) is 63.2 Å². The highest BCUT2D eigenvalue weighted by Crippen LogP contribution is 2.29. The second kappa shape index (κ2) is 11.4. The minimum Gasteiger partial charge on any atom is -0.494 e. The molecule has 0 fully saturated rings. The predicted octanol–water partition coefficient (Wildman–Crippen LogP) is 5.46. The van der Waals surface area contributed by atoms with Crippen molar-refractivity contribution in [2.45, 2.75) is 57.6 Å². The average Bonchev–Trinajstić information content (AvgIpc) is 2.90. The Labute approximate surface area is 244 Å². The number of nitrogens with zero attached hydrogens (tertiary/aromatic N) is 3. The van der Waals surface area contributed by atoms with E-state index >= 15 is 0 Å². The van der Waals surface area contributed by atoms with E-state index in [1.807, 2.05) is 26.8 Å². The molecule has 0 spiro atoms. The number of hydrogen-bond acceptors (Lipinski definition) is 9. The summed E-state index contributed by atoms with van der Waals surface area (Å²) < 4.78 is 39.0. The van der Waals surface area contributed by atoms with Crippen molar-refractivity contribution in [1.82, 2.24) is 19.7 Å². The number of methoxy groups -OCH3 is 1. The molecule has 4 aromatic rings. The van der Waals surface area contributed by atoms with Crippen LogP contribution in [0, 0.1) is 0 Å². The predicted molar refractivity (Wildman–Crippen MR) is 159 cm³/mol. The van der Waals surface area contributed by atoms with Gasteiger partial charge in [-0.25, -0.2) is 24.5 Å². The van der Waals surface area contributed by atoms with Crippen LogP contribution in [0.2, 0.25) is 0 Å². The van der Waals surface area contributed by atoms with Crippen LogP contribution in [0.1, 0.15) is 57.7 Å². The molecule has 220 valence electrons. The molecule has 0 bridgehead atoms. The zero-order valence-electron chi connectivity index (χ0n) is 24.5. The molecule has 3 aromatic heterocycles. The zero-order valence-corrected chi connectivity index (χ0v) is 25.3. The van der Waals surface area contributed by atoms with Gasteiger partial charge in [-0.1, -0.05) is 39.0 Å². The van der Waals surface area contributed by atoms with E-state index in [9.17, 15) is 18.0 Å². The van der Waals surface area contributed by atoms with Gasteiger partial charge in [0.2, 0.25) is 5.03 Å². The second-order valence-corrected chi connectivity index (χ2v) is 13.1. The quantitative estimate of drug-likeness (QED) is 0.298. The summed E-state index contributed by atoms with van der Waals surface area (Å²) in [6.45, 7) is 11.0. The summed E-state index contributed by atoms with van der Waals surface area (Å²) in [4.78, 5) is 38.5. The Kier molecular flexibility index (Phi) is 8.22. The van der Waals surface area contributed by atoms with E-state index in [0.29, 0.717) is 33.7 Å². The number of nitrogens with one attached hydrogen (secondary N) is 2. The van der Waals surface area contributed by atoms with Gasteiger partial charge >= 0.3 is 6.09 Å². The number of fused-ring (bicyclic) bond motifs is 1. The molecule has 12 heteroatoms. The minimum absolute atomic E-state index is 0.00954. The van der Waals surface area contributed by atoms with Crippen LogP contribution in [0.25, 0.3) is 22.2 Å². The highest BCUT2D eigenvalue weighted by molar-refractivity contribution is 7.90. The molecule has 0 aliphatic carbocycles. The van der Waals surface area contributed by atoms with E-state index in [1.165, 1.54) is 19.2 Å². The van der Waals surface area contributed by atoms with Crippen molar-refractivity contribution in [2.24, 2.45) is 0 Å². The molecule has 0 aliphatic rings. The zero-order chi connectivity index (χ0) is 30.9. The van der Waals surface area contributed by atoms with E-state index in [0.717, 1.165) is 0 Å². The summed E-state index contributed by atoms with van der Waals surface area (Å²) in [5.41, 5.74) is 1.00. The molecule has 1 aromatic carbocycles. The molecule has 0 saturated carbocycles. The molecule has 0 atom stereocenters. The van der Waals surface area contributed by atoms with E-state index < -0.39 is 33.0 Å². The molecule has 0 aliphatic heterocycles. The van der Waals surface area contributed by atoms with Crippen LogP contribution in [-0.4, -0.2) is 48.1 Å². The molecular weight excluding hydrogens is 558 g/mol. The monoisotopic (exact) mass is 591 g/mol. The molecule has 3 heterocycles. The fourth-order valence-electron chi connectivity index (χ4n) is 3.98. The third-order valence-electron chi connectivity index (χ3n) is 5.91. The Bertz CT molecular complexity index is 1780. The summed E-state index contributed by atoms with van der Waals surface area (Å²) in [6, 6.07) is 16.7. The van der Waals surface area contributed by atoms with Gasteiger partial charge in [0.1, 0.15) is 17.1 Å². The number of pyridine rings is 3. The van der Waals surface area contributed by atoms with Gasteiger partial charge in [-0.2, -0.15) is 8.42 Å². The summed E-state index contributed by atoms with van der Waals surface area (Å²) in [5, 5.41) is 2.90. The molecule has 2 amide bonds. The first-order valence-corrected chi connectivity index (χ1v) is 14.6. The standard InChI is InChI=1S/C30H33N5O6S/c1-29(2,3)24-17-16-23(40-7)27(33-24)42(38,39)35-26(36)22-15-14-19-18(10-8-11-20(19)31-22)21-12-9-13-25(32-21)34-28(37)41-30(4,5)6/h8-17H,1-7H3,(H,35,36)(H,32,34,37). The van der Waals surface area contributed by atoms with Crippen LogP contribution in [0.5, 0.6) is 5.75 Å². The molecular formula is C30H33N5O6S. The Morgan fingerprint density at radius 2 is 1.55 bits per heavy atom. The van der Waals surface area contributed by atoms with Crippen molar-refractivity contribution < 1.29 is 27.5 Å². The largest absolute Gasteiger partial charge is 0.494 e. The van der Waals surface area contributed by atoms with Gasteiger partial charge in [0.25, 0.3) is 15.9 Å². The van der Waals surface area contributed by atoms with Crippen molar-refractivity contribution in [1.29, 1.82) is 0 Å². The van der Waals surface area contributed by atoms with Crippen molar-refractivity contribution in [3.8, 4) is 17.0 Å². The number of carbonyl (C=O) groups excluding carboxylic acids is 2. The van der Waals surface area contributed by atoms with Crippen molar-refractivity contribution >= 4 is 38.7 Å². The SMILES string of the molecule is COc1ccc(C(C)(C)C)nc1S(=O)(=O)NC(=O)c1ccc2c(-c3cccc(NC(=O)OC(C)(C)C)n3)cccc2n1. The lowest BCUT2D eigenvalue weighted by molar-refractivity contribution is 0.0635. The van der Waals surface area contributed by atoms with Crippen LogP contribution < -0.4 is 14.8 Å². The van der Waals surface area contributed by atoms with E-state index in [4.69, 9.17) is 9.47 Å². The van der Waals surface area contributed by atoms with Gasteiger partial charge in [0, 0.05) is 22.1 Å². The molecule has 2 N–H and O–H groups in total. The summed E-state index contributed by atoms with van der Waals surface area (Å²) >= 11 is 0. The third kappa shape index (κ3) is 7.00. The maximum atomic E-state index is 13.2. The van der Waals surface area contributed by atoms with Crippen LogP contribution in [-0.2, 0) is 20.2 Å². The number of benzene rings is 1. The topological polar surface area (TPSA) is 149 Å². The molecule has 42 heavy (non-hydrogen) atoms. The highest BCUT2D eigenvalue weighted by atomic mass is 32.2. The van der Waals surface area contributed by atoms with Crippen molar-refractivity contribution in [3.05, 3.63) is 72.1 Å². The van der Waals surface area contributed by atoms with Crippen LogP contribution >= 0.6 is 0 Å². The number of rotatable bonds is 6. The first-order valence-electron chi connectivity index (χ1n) is 13.1. The van der Waals surface area contributed by atoms with E-state index in [-0.39, 0.29) is 16.5 Å². The smallest absolute Gasteiger partial charge is 0.413 e. The first-order chi connectivity index (χ1) is 19.6. The number of sulfonamides is 1. The number of anilines is 1. The number of amides is 2. The lowest BCUT2D eigenvalue weighted by Gasteiger charge is -2.19. The van der Waals surface area contributed by atoms with Crippen molar-refractivity contribution in [2.75, 3.05) is 12.4 Å². The van der Waals surface area contributed by atoms with Gasteiger partial charge in [-0.3, -0.25) is 10.1 Å². The Morgan fingerprint density at radius 3 is 2.21 bits per heavy atom. The van der Waals surface area contributed by atoms with E-state index in [2.05, 4.69) is 25.0 Å². The first kappa shape index (κ1) is 30.4. The average molecular weight is 592 g/mol. The highest BCUT2D eigenvalue weighted by Gasteiger charge is 2.28.